The second kappa shape index (κ2) is 8.10. The quantitative estimate of drug-likeness (QED) is 0.853. The fourth-order valence-electron chi connectivity index (χ4n) is 2.41. The number of nitrogens with one attached hydrogen (secondary N) is 1. The minimum absolute atomic E-state index is 0.0909. The highest BCUT2D eigenvalue weighted by Crippen LogP contribution is 2.23. The smallest absolute Gasteiger partial charge is 0.276 e. The number of hydrogen-bond acceptors (Lipinski definition) is 4. The topological polar surface area (TPSA) is 58.1 Å². The summed E-state index contributed by atoms with van der Waals surface area (Å²) in [5.74, 6) is 0.526. The van der Waals surface area contributed by atoms with Gasteiger partial charge in [-0.3, -0.25) is 4.79 Å². The molecule has 0 aliphatic rings. The highest BCUT2D eigenvalue weighted by Gasteiger charge is 2.14. The summed E-state index contributed by atoms with van der Waals surface area (Å²) >= 11 is 0. The predicted molar refractivity (Wildman–Crippen MR) is 103 cm³/mol. The molecule has 0 unspecified atom stereocenters. The van der Waals surface area contributed by atoms with Gasteiger partial charge in [0, 0.05) is 19.3 Å². The van der Waals surface area contributed by atoms with Crippen LogP contribution in [0.15, 0.2) is 36.4 Å². The zero-order valence-electron chi connectivity index (χ0n) is 15.8. The maximum absolute atomic E-state index is 12.3. The van der Waals surface area contributed by atoms with Crippen LogP contribution in [0.2, 0.25) is 0 Å². The summed E-state index contributed by atoms with van der Waals surface area (Å²) in [5.41, 5.74) is 2.38. The summed E-state index contributed by atoms with van der Waals surface area (Å²) in [7, 11) is 1.98. The van der Waals surface area contributed by atoms with E-state index in [4.69, 9.17) is 0 Å². The average Bonchev–Trinajstić information content (AvgIpc) is 2.59. The van der Waals surface area contributed by atoms with Crippen molar-refractivity contribution >= 4 is 17.4 Å². The van der Waals surface area contributed by atoms with Crippen molar-refractivity contribution in [2.45, 2.75) is 46.0 Å². The summed E-state index contributed by atoms with van der Waals surface area (Å²) in [6.45, 7) is 9.57. The lowest BCUT2D eigenvalue weighted by Crippen LogP contribution is -2.21. The third-order valence-electron chi connectivity index (χ3n) is 4.13. The van der Waals surface area contributed by atoms with Gasteiger partial charge in [-0.2, -0.15) is 0 Å². The van der Waals surface area contributed by atoms with Gasteiger partial charge in [0.15, 0.2) is 11.5 Å². The molecule has 2 rings (SSSR count). The number of rotatable bonds is 6. The fraction of sp³-hybridized carbons (Fsp3) is 0.450. The molecule has 0 saturated carbocycles. The third kappa shape index (κ3) is 5.28. The molecule has 1 N–H and O–H groups in total. The van der Waals surface area contributed by atoms with Crippen LogP contribution >= 0.6 is 0 Å². The molecular formula is C20H28N4O. The fourth-order valence-corrected chi connectivity index (χ4v) is 2.41. The van der Waals surface area contributed by atoms with Crippen LogP contribution in [0.4, 0.5) is 11.5 Å². The van der Waals surface area contributed by atoms with Crippen LogP contribution in [0.1, 0.15) is 56.6 Å². The number of carbonyl (C=O) groups excluding carboxylic acids is 1. The largest absolute Gasteiger partial charge is 0.358 e. The molecule has 0 aliphatic heterocycles. The molecule has 5 heteroatoms. The van der Waals surface area contributed by atoms with Crippen LogP contribution in [0.3, 0.4) is 0 Å². The van der Waals surface area contributed by atoms with Crippen molar-refractivity contribution < 1.29 is 4.79 Å². The lowest BCUT2D eigenvalue weighted by molar-refractivity contribution is 0.102. The van der Waals surface area contributed by atoms with Crippen molar-refractivity contribution in [1.82, 2.24) is 10.2 Å². The number of amides is 1. The minimum atomic E-state index is -0.251. The van der Waals surface area contributed by atoms with Crippen LogP contribution in [0.25, 0.3) is 0 Å². The number of unbranched alkanes of at least 4 members (excludes halogenated alkanes) is 1. The van der Waals surface area contributed by atoms with Crippen molar-refractivity contribution in [3.05, 3.63) is 47.7 Å². The maximum Gasteiger partial charge on any atom is 0.276 e. The molecule has 5 nitrogen and oxygen atoms in total. The van der Waals surface area contributed by atoms with Crippen molar-refractivity contribution in [1.29, 1.82) is 0 Å². The van der Waals surface area contributed by atoms with Crippen LogP contribution in [-0.4, -0.2) is 29.7 Å². The van der Waals surface area contributed by atoms with Gasteiger partial charge in [-0.25, -0.2) is 0 Å². The van der Waals surface area contributed by atoms with E-state index in [1.165, 1.54) is 5.56 Å². The van der Waals surface area contributed by atoms with Crippen LogP contribution in [0.5, 0.6) is 0 Å². The Kier molecular flexibility index (Phi) is 6.12. The van der Waals surface area contributed by atoms with Gasteiger partial charge in [0.25, 0.3) is 5.91 Å². The summed E-state index contributed by atoms with van der Waals surface area (Å²) in [5, 5.41) is 11.1. The molecule has 0 spiro atoms. The summed E-state index contributed by atoms with van der Waals surface area (Å²) in [6, 6.07) is 11.4. The lowest BCUT2D eigenvalue weighted by atomic mass is 9.87. The highest BCUT2D eigenvalue weighted by molar-refractivity contribution is 6.02. The Labute approximate surface area is 150 Å². The molecule has 134 valence electrons. The second-order valence-electron chi connectivity index (χ2n) is 7.33. The zero-order chi connectivity index (χ0) is 18.4. The normalized spacial score (nSPS) is 11.2. The van der Waals surface area contributed by atoms with Gasteiger partial charge in [-0.05, 0) is 41.7 Å². The monoisotopic (exact) mass is 340 g/mol. The molecule has 0 aliphatic carbocycles. The molecule has 25 heavy (non-hydrogen) atoms. The van der Waals surface area contributed by atoms with E-state index in [9.17, 15) is 4.79 Å². The zero-order valence-corrected chi connectivity index (χ0v) is 15.8. The first-order chi connectivity index (χ1) is 11.8. The van der Waals surface area contributed by atoms with E-state index < -0.39 is 0 Å². The number of hydrogen-bond donors (Lipinski definition) is 1. The third-order valence-corrected chi connectivity index (χ3v) is 4.13. The minimum Gasteiger partial charge on any atom is -0.358 e. The highest BCUT2D eigenvalue weighted by atomic mass is 16.1. The SMILES string of the molecule is CCCCN(C)c1ccc(C(=O)Nc2ccc(C(C)(C)C)cc2)nn1. The first-order valence-electron chi connectivity index (χ1n) is 8.78. The van der Waals surface area contributed by atoms with Crippen LogP contribution in [-0.2, 0) is 5.41 Å². The number of aromatic nitrogens is 2. The molecule has 1 heterocycles. The molecule has 0 radical (unpaired) electrons. The number of nitrogens with zero attached hydrogens (tertiary/aromatic N) is 3. The molecule has 1 amide bonds. The van der Waals surface area contributed by atoms with E-state index in [2.05, 4.69) is 43.2 Å². The predicted octanol–water partition coefficient (Wildman–Crippen LogP) is 4.26. The Bertz CT molecular complexity index is 687. The molecule has 1 aromatic heterocycles. The van der Waals surface area contributed by atoms with Gasteiger partial charge in [-0.1, -0.05) is 46.2 Å². The van der Waals surface area contributed by atoms with Gasteiger partial charge in [0.2, 0.25) is 0 Å². The molecule has 0 saturated heterocycles. The van der Waals surface area contributed by atoms with Crippen molar-refractivity contribution in [3.63, 3.8) is 0 Å². The Morgan fingerprint density at radius 3 is 2.28 bits per heavy atom. The molecule has 0 fully saturated rings. The molecule has 2 aromatic rings. The van der Waals surface area contributed by atoms with Crippen molar-refractivity contribution in [3.8, 4) is 0 Å². The van der Waals surface area contributed by atoms with Gasteiger partial charge in [0.05, 0.1) is 0 Å². The summed E-state index contributed by atoms with van der Waals surface area (Å²) in [6.07, 6.45) is 2.23. The van der Waals surface area contributed by atoms with E-state index in [1.54, 1.807) is 6.07 Å². The molecule has 1 aromatic carbocycles. The Morgan fingerprint density at radius 1 is 1.08 bits per heavy atom. The van der Waals surface area contributed by atoms with E-state index in [-0.39, 0.29) is 11.3 Å². The number of anilines is 2. The van der Waals surface area contributed by atoms with Crippen molar-refractivity contribution in [2.75, 3.05) is 23.8 Å². The molecule has 0 bridgehead atoms. The Morgan fingerprint density at radius 2 is 1.76 bits per heavy atom. The Hall–Kier alpha value is -2.43. The number of carbonyl (C=O) groups is 1. The van der Waals surface area contributed by atoms with Crippen molar-refractivity contribution in [2.24, 2.45) is 0 Å². The molecule has 0 atom stereocenters. The average molecular weight is 340 g/mol. The van der Waals surface area contributed by atoms with E-state index in [0.717, 1.165) is 30.9 Å². The second-order valence-corrected chi connectivity index (χ2v) is 7.33. The summed E-state index contributed by atoms with van der Waals surface area (Å²) in [4.78, 5) is 14.4. The van der Waals surface area contributed by atoms with E-state index in [0.29, 0.717) is 5.69 Å². The van der Waals surface area contributed by atoms with E-state index in [1.807, 2.05) is 42.3 Å². The first-order valence-corrected chi connectivity index (χ1v) is 8.78. The van der Waals surface area contributed by atoms with Gasteiger partial charge in [-0.15, -0.1) is 10.2 Å². The standard InChI is InChI=1S/C20H28N4O/c1-6-7-14-24(5)18-13-12-17(22-23-18)19(25)21-16-10-8-15(9-11-16)20(2,3)4/h8-13H,6-7,14H2,1-5H3,(H,21,25). The number of benzene rings is 1. The lowest BCUT2D eigenvalue weighted by Gasteiger charge is -2.19. The molecular weight excluding hydrogens is 312 g/mol. The summed E-state index contributed by atoms with van der Waals surface area (Å²) < 4.78 is 0. The van der Waals surface area contributed by atoms with Gasteiger partial charge >= 0.3 is 0 Å². The first kappa shape index (κ1) is 18.9. The van der Waals surface area contributed by atoms with Crippen LogP contribution in [0, 0.1) is 0 Å². The van der Waals surface area contributed by atoms with Gasteiger partial charge in [0.1, 0.15) is 0 Å². The maximum atomic E-state index is 12.3. The van der Waals surface area contributed by atoms with Gasteiger partial charge < -0.3 is 10.2 Å². The van der Waals surface area contributed by atoms with E-state index >= 15 is 0 Å². The van der Waals surface area contributed by atoms with Crippen LogP contribution < -0.4 is 10.2 Å². The Balaban J connectivity index is 2.01.